The van der Waals surface area contributed by atoms with Crippen LogP contribution < -0.4 is 0 Å². The van der Waals surface area contributed by atoms with E-state index in [2.05, 4.69) is 21.8 Å². The molecule has 0 spiro atoms. The van der Waals surface area contributed by atoms with Crippen molar-refractivity contribution in [2.45, 2.75) is 31.9 Å². The van der Waals surface area contributed by atoms with Crippen molar-refractivity contribution in [2.24, 2.45) is 5.92 Å². The first-order valence-corrected chi connectivity index (χ1v) is 10.6. The largest absolute Gasteiger partial charge is 0.449 e. The Morgan fingerprint density at radius 1 is 1.27 bits per heavy atom. The Balaban J connectivity index is 1.92. The monoisotopic (exact) mass is 410 g/mol. The minimum atomic E-state index is -0.960. The summed E-state index contributed by atoms with van der Waals surface area (Å²) < 4.78 is 8.23. The van der Waals surface area contributed by atoms with E-state index in [0.29, 0.717) is 17.8 Å². The Hall–Kier alpha value is -2.51. The van der Waals surface area contributed by atoms with Gasteiger partial charge in [-0.1, -0.05) is 0 Å². The maximum Gasteiger partial charge on any atom is 0.303 e. The fraction of sp³-hybridized carbons (Fsp3) is 0.522. The Labute approximate surface area is 177 Å². The van der Waals surface area contributed by atoms with E-state index in [1.54, 1.807) is 12.4 Å². The lowest BCUT2D eigenvalue weighted by Gasteiger charge is -2.46. The van der Waals surface area contributed by atoms with Crippen LogP contribution in [0.5, 0.6) is 0 Å². The molecule has 30 heavy (non-hydrogen) atoms. The number of rotatable bonds is 5. The first kappa shape index (κ1) is 20.8. The molecule has 1 atom stereocenters. The summed E-state index contributed by atoms with van der Waals surface area (Å²) in [4.78, 5) is 34.5. The zero-order chi connectivity index (χ0) is 21.5. The third kappa shape index (κ3) is 3.36. The molecule has 2 aromatic heterocycles. The molecule has 1 fully saturated rings. The van der Waals surface area contributed by atoms with Crippen molar-refractivity contribution >= 4 is 11.8 Å². The second kappa shape index (κ2) is 7.96. The van der Waals surface area contributed by atoms with Crippen molar-refractivity contribution in [1.82, 2.24) is 19.4 Å². The first-order valence-electron chi connectivity index (χ1n) is 10.6. The molecular weight excluding hydrogens is 380 g/mol. The van der Waals surface area contributed by atoms with Crippen LogP contribution in [0.15, 0.2) is 30.7 Å². The van der Waals surface area contributed by atoms with Crippen LogP contribution in [0.4, 0.5) is 0 Å². The molecule has 1 aliphatic heterocycles. The standard InChI is InChI=1S/C23H30N4O3/c1-16(28)30-23(17-6-10-26(4)11-7-17)19-5-9-24-15-18(19)22(29)21-20(23)8-12-27(21)14-13-25(2)3/h5,8-9,12,15,17H,6-7,10-11,13-14H2,1-4H3. The third-order valence-electron chi connectivity index (χ3n) is 6.43. The highest BCUT2D eigenvalue weighted by Gasteiger charge is 2.53. The quantitative estimate of drug-likeness (QED) is 0.704. The number of hydrogen-bond acceptors (Lipinski definition) is 6. The van der Waals surface area contributed by atoms with Crippen molar-refractivity contribution < 1.29 is 14.3 Å². The van der Waals surface area contributed by atoms with Gasteiger partial charge in [-0.3, -0.25) is 14.6 Å². The molecule has 2 aliphatic rings. The molecule has 0 amide bonds. The summed E-state index contributed by atoms with van der Waals surface area (Å²) in [5.41, 5.74) is 1.78. The van der Waals surface area contributed by atoms with Gasteiger partial charge in [0.05, 0.1) is 5.69 Å². The van der Waals surface area contributed by atoms with E-state index >= 15 is 0 Å². The number of esters is 1. The number of nitrogens with zero attached hydrogens (tertiary/aromatic N) is 4. The molecule has 0 bridgehead atoms. The predicted octanol–water partition coefficient (Wildman–Crippen LogP) is 2.14. The minimum absolute atomic E-state index is 0.0486. The SMILES string of the molecule is CC(=O)OC1(C2CCN(C)CC2)c2ccncc2C(=O)c2c1ccn2CCN(C)C. The fourth-order valence-corrected chi connectivity index (χ4v) is 4.97. The van der Waals surface area contributed by atoms with Crippen molar-refractivity contribution in [3.63, 3.8) is 0 Å². The summed E-state index contributed by atoms with van der Waals surface area (Å²) in [6.45, 7) is 4.81. The zero-order valence-corrected chi connectivity index (χ0v) is 18.2. The summed E-state index contributed by atoms with van der Waals surface area (Å²) >= 11 is 0. The smallest absolute Gasteiger partial charge is 0.303 e. The van der Waals surface area contributed by atoms with Gasteiger partial charge < -0.3 is 19.1 Å². The lowest BCUT2D eigenvalue weighted by atomic mass is 9.67. The number of likely N-dealkylation sites (N-methyl/N-ethyl adjacent to an activating group) is 1. The van der Waals surface area contributed by atoms with E-state index in [9.17, 15) is 9.59 Å². The number of carbonyl (C=O) groups excluding carboxylic acids is 2. The van der Waals surface area contributed by atoms with Crippen LogP contribution in [-0.2, 0) is 21.7 Å². The molecule has 1 saturated heterocycles. The zero-order valence-electron chi connectivity index (χ0n) is 18.2. The number of aromatic nitrogens is 2. The number of pyridine rings is 1. The molecule has 0 aromatic carbocycles. The summed E-state index contributed by atoms with van der Waals surface area (Å²) in [6.07, 6.45) is 7.05. The number of piperidine rings is 1. The van der Waals surface area contributed by atoms with E-state index in [4.69, 9.17) is 4.74 Å². The molecule has 4 rings (SSSR count). The van der Waals surface area contributed by atoms with Crippen molar-refractivity contribution in [2.75, 3.05) is 40.8 Å². The summed E-state index contributed by atoms with van der Waals surface area (Å²) in [7, 11) is 6.14. The van der Waals surface area contributed by atoms with Crippen LogP contribution in [0.3, 0.4) is 0 Å². The highest BCUT2D eigenvalue weighted by atomic mass is 16.6. The van der Waals surface area contributed by atoms with Gasteiger partial charge in [0.1, 0.15) is 0 Å². The van der Waals surface area contributed by atoms with Crippen LogP contribution in [0.25, 0.3) is 0 Å². The Morgan fingerprint density at radius 3 is 2.67 bits per heavy atom. The number of ketones is 1. The normalized spacial score (nSPS) is 22.1. The van der Waals surface area contributed by atoms with E-state index in [-0.39, 0.29) is 17.7 Å². The van der Waals surface area contributed by atoms with Gasteiger partial charge in [0, 0.05) is 61.2 Å². The fourth-order valence-electron chi connectivity index (χ4n) is 4.97. The van der Waals surface area contributed by atoms with Crippen LogP contribution in [0.2, 0.25) is 0 Å². The molecule has 0 saturated carbocycles. The number of likely N-dealkylation sites (tertiary alicyclic amines) is 1. The van der Waals surface area contributed by atoms with Gasteiger partial charge in [-0.2, -0.15) is 0 Å². The van der Waals surface area contributed by atoms with Gasteiger partial charge in [-0.25, -0.2) is 0 Å². The second-order valence-electron chi connectivity index (χ2n) is 8.73. The third-order valence-corrected chi connectivity index (χ3v) is 6.43. The van der Waals surface area contributed by atoms with E-state index < -0.39 is 5.60 Å². The maximum absolute atomic E-state index is 13.5. The predicted molar refractivity (Wildman–Crippen MR) is 113 cm³/mol. The van der Waals surface area contributed by atoms with Crippen LogP contribution in [0.1, 0.15) is 46.9 Å². The van der Waals surface area contributed by atoms with Crippen LogP contribution in [0, 0.1) is 5.92 Å². The first-order chi connectivity index (χ1) is 14.3. The number of hydrogen-bond donors (Lipinski definition) is 0. The Kier molecular flexibility index (Phi) is 5.51. The highest BCUT2D eigenvalue weighted by molar-refractivity contribution is 6.12. The molecule has 3 heterocycles. The number of ether oxygens (including phenoxy) is 1. The van der Waals surface area contributed by atoms with Crippen LogP contribution in [-0.4, -0.2) is 71.9 Å². The minimum Gasteiger partial charge on any atom is -0.449 e. The Morgan fingerprint density at radius 2 is 2.00 bits per heavy atom. The highest BCUT2D eigenvalue weighted by Crippen LogP contribution is 2.50. The molecular formula is C23H30N4O3. The molecule has 1 aliphatic carbocycles. The lowest BCUT2D eigenvalue weighted by molar-refractivity contribution is -0.161. The van der Waals surface area contributed by atoms with E-state index in [1.165, 1.54) is 6.92 Å². The van der Waals surface area contributed by atoms with Gasteiger partial charge >= 0.3 is 5.97 Å². The number of fused-ring (bicyclic) bond motifs is 2. The lowest BCUT2D eigenvalue weighted by Crippen LogP contribution is -2.49. The van der Waals surface area contributed by atoms with Crippen molar-refractivity contribution in [3.05, 3.63) is 53.1 Å². The van der Waals surface area contributed by atoms with Gasteiger partial charge in [0.15, 0.2) is 5.60 Å². The average Bonchev–Trinajstić information content (AvgIpc) is 3.15. The molecule has 160 valence electrons. The molecule has 7 heteroatoms. The molecule has 7 nitrogen and oxygen atoms in total. The number of carbonyl (C=O) groups is 2. The van der Waals surface area contributed by atoms with Gasteiger partial charge in [0.25, 0.3) is 0 Å². The molecule has 0 N–H and O–H groups in total. The summed E-state index contributed by atoms with van der Waals surface area (Å²) in [5.74, 6) is -0.291. The molecule has 1 unspecified atom stereocenters. The van der Waals surface area contributed by atoms with Gasteiger partial charge in [-0.15, -0.1) is 0 Å². The summed E-state index contributed by atoms with van der Waals surface area (Å²) in [5, 5.41) is 0. The van der Waals surface area contributed by atoms with Gasteiger partial charge in [0.2, 0.25) is 5.78 Å². The topological polar surface area (TPSA) is 67.7 Å². The van der Waals surface area contributed by atoms with E-state index in [0.717, 1.165) is 43.6 Å². The average molecular weight is 411 g/mol. The Bertz CT molecular complexity index is 959. The van der Waals surface area contributed by atoms with Crippen molar-refractivity contribution in [1.29, 1.82) is 0 Å². The summed E-state index contributed by atoms with van der Waals surface area (Å²) in [6, 6.07) is 3.84. The van der Waals surface area contributed by atoms with Crippen molar-refractivity contribution in [3.8, 4) is 0 Å². The van der Waals surface area contributed by atoms with Crippen LogP contribution >= 0.6 is 0 Å². The molecule has 2 aromatic rings. The maximum atomic E-state index is 13.5. The second-order valence-corrected chi connectivity index (χ2v) is 8.73. The molecule has 0 radical (unpaired) electrons. The van der Waals surface area contributed by atoms with Gasteiger partial charge in [-0.05, 0) is 59.2 Å². The van der Waals surface area contributed by atoms with E-state index in [1.807, 2.05) is 37.0 Å².